The van der Waals surface area contributed by atoms with Crippen LogP contribution in [-0.2, 0) is 9.53 Å². The van der Waals surface area contributed by atoms with Crippen molar-refractivity contribution < 1.29 is 9.53 Å². The Labute approximate surface area is 130 Å². The number of hydrogen-bond donors (Lipinski definition) is 1. The number of nitrogens with one attached hydrogen (secondary N) is 1. The van der Waals surface area contributed by atoms with Gasteiger partial charge in [0.25, 0.3) is 0 Å². The van der Waals surface area contributed by atoms with Gasteiger partial charge in [0.2, 0.25) is 5.91 Å². The largest absolute Gasteiger partial charge is 0.366 e. The van der Waals surface area contributed by atoms with E-state index in [4.69, 9.17) is 4.74 Å². The first kappa shape index (κ1) is 14.2. The zero-order valence-electron chi connectivity index (χ0n) is 13.1. The van der Waals surface area contributed by atoms with Gasteiger partial charge in [-0.2, -0.15) is 5.10 Å². The lowest BCUT2D eigenvalue weighted by Crippen LogP contribution is -2.43. The van der Waals surface area contributed by atoms with E-state index >= 15 is 0 Å². The standard InChI is InChI=1S/C16H24N4O2/c1-10-17-16(19-18-10)14-9-20(6-7-22-14)15(21)8-13(11-2-3-11)12-4-5-12/h11-14H,2-9H2,1H3,(H,17,18,19)/t14-/m0/s1. The average Bonchev–Trinajstić information content (AvgIpc) is 3.44. The van der Waals surface area contributed by atoms with Crippen LogP contribution in [0.2, 0.25) is 0 Å². The van der Waals surface area contributed by atoms with Crippen molar-refractivity contribution in [2.24, 2.45) is 17.8 Å². The lowest BCUT2D eigenvalue weighted by atomic mass is 9.93. The summed E-state index contributed by atoms with van der Waals surface area (Å²) in [6, 6.07) is 0. The van der Waals surface area contributed by atoms with Crippen molar-refractivity contribution in [2.45, 2.75) is 45.1 Å². The van der Waals surface area contributed by atoms with E-state index in [2.05, 4.69) is 15.2 Å². The number of aromatic amines is 1. The maximum Gasteiger partial charge on any atom is 0.223 e. The highest BCUT2D eigenvalue weighted by Gasteiger charge is 2.43. The minimum absolute atomic E-state index is 0.192. The molecule has 4 rings (SSSR count). The van der Waals surface area contributed by atoms with E-state index in [-0.39, 0.29) is 6.10 Å². The lowest BCUT2D eigenvalue weighted by Gasteiger charge is -2.32. The predicted octanol–water partition coefficient (Wildman–Crippen LogP) is 1.84. The van der Waals surface area contributed by atoms with Crippen LogP contribution in [0.4, 0.5) is 0 Å². The summed E-state index contributed by atoms with van der Waals surface area (Å²) in [5.41, 5.74) is 0. The van der Waals surface area contributed by atoms with E-state index in [9.17, 15) is 4.79 Å². The van der Waals surface area contributed by atoms with Gasteiger partial charge in [0.05, 0.1) is 13.2 Å². The lowest BCUT2D eigenvalue weighted by molar-refractivity contribution is -0.140. The normalized spacial score (nSPS) is 25.7. The molecule has 1 atom stereocenters. The maximum atomic E-state index is 12.7. The molecule has 1 aromatic rings. The smallest absolute Gasteiger partial charge is 0.223 e. The number of hydrogen-bond acceptors (Lipinski definition) is 4. The minimum atomic E-state index is -0.192. The summed E-state index contributed by atoms with van der Waals surface area (Å²) < 4.78 is 5.74. The Morgan fingerprint density at radius 2 is 2.09 bits per heavy atom. The van der Waals surface area contributed by atoms with Gasteiger partial charge < -0.3 is 9.64 Å². The van der Waals surface area contributed by atoms with Crippen LogP contribution in [0.25, 0.3) is 0 Å². The first-order valence-electron chi connectivity index (χ1n) is 8.49. The zero-order valence-corrected chi connectivity index (χ0v) is 13.1. The summed E-state index contributed by atoms with van der Waals surface area (Å²) in [5.74, 6) is 4.03. The Balaban J connectivity index is 1.37. The highest BCUT2D eigenvalue weighted by atomic mass is 16.5. The van der Waals surface area contributed by atoms with Crippen LogP contribution in [0.1, 0.15) is 49.9 Å². The Morgan fingerprint density at radius 1 is 1.36 bits per heavy atom. The molecule has 0 spiro atoms. The number of nitrogens with zero attached hydrogens (tertiary/aromatic N) is 3. The topological polar surface area (TPSA) is 71.1 Å². The zero-order chi connectivity index (χ0) is 15.1. The van der Waals surface area contributed by atoms with Gasteiger partial charge >= 0.3 is 0 Å². The summed E-state index contributed by atoms with van der Waals surface area (Å²) >= 11 is 0. The first-order valence-corrected chi connectivity index (χ1v) is 8.49. The van der Waals surface area contributed by atoms with Crippen LogP contribution in [0.3, 0.4) is 0 Å². The van der Waals surface area contributed by atoms with E-state index in [0.717, 1.165) is 24.1 Å². The molecule has 1 aromatic heterocycles. The third kappa shape index (κ3) is 3.02. The SMILES string of the molecule is Cc1nc([C@@H]2CN(C(=O)CC(C3CC3)C3CC3)CCO2)n[nH]1. The Kier molecular flexibility index (Phi) is 3.64. The van der Waals surface area contributed by atoms with Gasteiger partial charge in [0.1, 0.15) is 11.9 Å². The number of carbonyl (C=O) groups is 1. The summed E-state index contributed by atoms with van der Waals surface area (Å²) in [6.45, 7) is 3.72. The van der Waals surface area contributed by atoms with E-state index in [1.165, 1.54) is 25.7 Å². The molecule has 6 heteroatoms. The van der Waals surface area contributed by atoms with Gasteiger partial charge in [-0.1, -0.05) is 0 Å². The number of carbonyl (C=O) groups excluding carboxylic acids is 1. The molecule has 3 fully saturated rings. The molecule has 22 heavy (non-hydrogen) atoms. The molecule has 0 radical (unpaired) electrons. The van der Waals surface area contributed by atoms with Crippen molar-refractivity contribution >= 4 is 5.91 Å². The summed E-state index contributed by atoms with van der Waals surface area (Å²) in [4.78, 5) is 19.0. The van der Waals surface area contributed by atoms with Gasteiger partial charge in [0.15, 0.2) is 5.82 Å². The van der Waals surface area contributed by atoms with Crippen LogP contribution in [0.15, 0.2) is 0 Å². The second-order valence-electron chi connectivity index (χ2n) is 7.02. The van der Waals surface area contributed by atoms with Crippen molar-refractivity contribution in [2.75, 3.05) is 19.7 Å². The molecule has 1 amide bonds. The highest BCUT2D eigenvalue weighted by Crippen LogP contribution is 2.50. The molecule has 2 heterocycles. The number of aryl methyl sites for hydroxylation is 1. The minimum Gasteiger partial charge on any atom is -0.366 e. The van der Waals surface area contributed by atoms with Crippen molar-refractivity contribution in [3.05, 3.63) is 11.6 Å². The van der Waals surface area contributed by atoms with Crippen molar-refractivity contribution in [1.82, 2.24) is 20.1 Å². The van der Waals surface area contributed by atoms with E-state index in [0.29, 0.717) is 37.3 Å². The molecule has 1 aliphatic heterocycles. The Morgan fingerprint density at radius 3 is 2.68 bits per heavy atom. The van der Waals surface area contributed by atoms with Crippen LogP contribution < -0.4 is 0 Å². The number of morpholine rings is 1. The van der Waals surface area contributed by atoms with Gasteiger partial charge in [-0.25, -0.2) is 4.98 Å². The highest BCUT2D eigenvalue weighted by molar-refractivity contribution is 5.76. The number of H-pyrrole nitrogens is 1. The third-order valence-electron chi connectivity index (χ3n) is 5.19. The van der Waals surface area contributed by atoms with Crippen LogP contribution in [0, 0.1) is 24.7 Å². The van der Waals surface area contributed by atoms with Crippen molar-refractivity contribution in [1.29, 1.82) is 0 Å². The van der Waals surface area contributed by atoms with E-state index in [1.807, 2.05) is 11.8 Å². The molecule has 2 aliphatic carbocycles. The van der Waals surface area contributed by atoms with Crippen LogP contribution >= 0.6 is 0 Å². The fourth-order valence-corrected chi connectivity index (χ4v) is 3.63. The number of amides is 1. The molecule has 0 bridgehead atoms. The average molecular weight is 304 g/mol. The first-order chi connectivity index (χ1) is 10.7. The molecular weight excluding hydrogens is 280 g/mol. The van der Waals surface area contributed by atoms with Crippen molar-refractivity contribution in [3.63, 3.8) is 0 Å². The Hall–Kier alpha value is -1.43. The number of aromatic nitrogens is 3. The fourth-order valence-electron chi connectivity index (χ4n) is 3.63. The molecule has 120 valence electrons. The Bertz CT molecular complexity index is 538. The predicted molar refractivity (Wildman–Crippen MR) is 79.9 cm³/mol. The molecule has 1 N–H and O–H groups in total. The van der Waals surface area contributed by atoms with Gasteiger partial charge in [-0.05, 0) is 50.4 Å². The molecule has 2 saturated carbocycles. The fraction of sp³-hybridized carbons (Fsp3) is 0.812. The summed E-state index contributed by atoms with van der Waals surface area (Å²) in [6.07, 6.45) is 5.86. The quantitative estimate of drug-likeness (QED) is 0.901. The molecule has 3 aliphatic rings. The maximum absolute atomic E-state index is 12.7. The van der Waals surface area contributed by atoms with Crippen molar-refractivity contribution in [3.8, 4) is 0 Å². The third-order valence-corrected chi connectivity index (χ3v) is 5.19. The summed E-state index contributed by atoms with van der Waals surface area (Å²) in [7, 11) is 0. The summed E-state index contributed by atoms with van der Waals surface area (Å²) in [5, 5.41) is 7.02. The van der Waals surface area contributed by atoms with E-state index in [1.54, 1.807) is 0 Å². The van der Waals surface area contributed by atoms with Gasteiger partial charge in [0, 0.05) is 13.0 Å². The molecule has 0 unspecified atom stereocenters. The van der Waals surface area contributed by atoms with Crippen LogP contribution in [0.5, 0.6) is 0 Å². The monoisotopic (exact) mass is 304 g/mol. The molecule has 1 saturated heterocycles. The van der Waals surface area contributed by atoms with Gasteiger partial charge in [-0.15, -0.1) is 0 Å². The molecular formula is C16H24N4O2. The second kappa shape index (κ2) is 5.65. The molecule has 0 aromatic carbocycles. The van der Waals surface area contributed by atoms with E-state index < -0.39 is 0 Å². The van der Waals surface area contributed by atoms with Gasteiger partial charge in [-0.3, -0.25) is 9.89 Å². The van der Waals surface area contributed by atoms with Crippen LogP contribution in [-0.4, -0.2) is 45.7 Å². The number of rotatable bonds is 5. The molecule has 6 nitrogen and oxygen atoms in total. The number of ether oxygens (including phenoxy) is 1. The second-order valence-corrected chi connectivity index (χ2v) is 7.02.